The van der Waals surface area contributed by atoms with Crippen LogP contribution < -0.4 is 10.2 Å². The summed E-state index contributed by atoms with van der Waals surface area (Å²) in [6.07, 6.45) is 4.06. The Bertz CT molecular complexity index is 504. The smallest absolute Gasteiger partial charge is 0.152 e. The molecule has 0 bridgehead atoms. The van der Waals surface area contributed by atoms with Gasteiger partial charge >= 0.3 is 0 Å². The van der Waals surface area contributed by atoms with Gasteiger partial charge < -0.3 is 10.2 Å². The highest BCUT2D eigenvalue weighted by Crippen LogP contribution is 2.14. The largest absolute Gasteiger partial charge is 0.354 e. The molecule has 1 fully saturated rings. The Hall–Kier alpha value is -1.21. The Morgan fingerprint density at radius 1 is 1.33 bits per heavy atom. The monoisotopic (exact) mass is 270 g/mol. The molecule has 0 atom stereocenters. The van der Waals surface area contributed by atoms with Gasteiger partial charge in [0.05, 0.1) is 23.4 Å². The van der Waals surface area contributed by atoms with Gasteiger partial charge in [-0.2, -0.15) is 0 Å². The van der Waals surface area contributed by atoms with Gasteiger partial charge in [0.1, 0.15) is 5.82 Å². The summed E-state index contributed by atoms with van der Waals surface area (Å²) in [6, 6.07) is 0. The molecule has 1 N–H and O–H groups in total. The fourth-order valence-electron chi connectivity index (χ4n) is 1.98. The summed E-state index contributed by atoms with van der Waals surface area (Å²) >= 11 is 0. The quantitative estimate of drug-likeness (QED) is 0.821. The highest BCUT2D eigenvalue weighted by atomic mass is 32.2. The van der Waals surface area contributed by atoms with E-state index in [1.807, 2.05) is 11.9 Å². The van der Waals surface area contributed by atoms with Crippen LogP contribution in [0.15, 0.2) is 12.4 Å². The van der Waals surface area contributed by atoms with Crippen LogP contribution in [0.3, 0.4) is 0 Å². The predicted octanol–water partition coefficient (Wildman–Crippen LogP) is -0.179. The summed E-state index contributed by atoms with van der Waals surface area (Å²) in [7, 11) is -1.03. The molecular weight excluding hydrogens is 252 g/mol. The topological polar surface area (TPSA) is 75.2 Å². The minimum atomic E-state index is -2.88. The van der Waals surface area contributed by atoms with Crippen molar-refractivity contribution in [3.8, 4) is 0 Å². The highest BCUT2D eigenvalue weighted by molar-refractivity contribution is 7.91. The minimum Gasteiger partial charge on any atom is -0.354 e. The lowest BCUT2D eigenvalue weighted by atomic mass is 10.4. The molecule has 0 aromatic carbocycles. The normalized spacial score (nSPS) is 19.5. The number of hydrogen-bond donors (Lipinski definition) is 1. The molecule has 0 spiro atoms. The molecule has 2 rings (SSSR count). The summed E-state index contributed by atoms with van der Waals surface area (Å²) in [4.78, 5) is 10.6. The van der Waals surface area contributed by atoms with Gasteiger partial charge in [0, 0.05) is 25.8 Å². The Morgan fingerprint density at radius 3 is 2.94 bits per heavy atom. The van der Waals surface area contributed by atoms with Crippen molar-refractivity contribution in [3.05, 3.63) is 18.1 Å². The molecule has 7 heteroatoms. The molecule has 100 valence electrons. The van der Waals surface area contributed by atoms with Crippen LogP contribution in [0.2, 0.25) is 0 Å². The third kappa shape index (κ3) is 3.39. The minimum absolute atomic E-state index is 0.199. The van der Waals surface area contributed by atoms with Gasteiger partial charge in [0.2, 0.25) is 0 Å². The van der Waals surface area contributed by atoms with E-state index in [2.05, 4.69) is 15.3 Å². The first-order valence-electron chi connectivity index (χ1n) is 6.01. The molecule has 1 saturated heterocycles. The van der Waals surface area contributed by atoms with E-state index in [1.165, 1.54) is 0 Å². The van der Waals surface area contributed by atoms with Gasteiger partial charge in [0.15, 0.2) is 9.84 Å². The van der Waals surface area contributed by atoms with E-state index in [0.717, 1.165) is 18.1 Å². The number of nitrogens with zero attached hydrogens (tertiary/aromatic N) is 3. The average Bonchev–Trinajstić information content (AvgIpc) is 2.51. The van der Waals surface area contributed by atoms with Crippen LogP contribution in [0.1, 0.15) is 12.1 Å². The van der Waals surface area contributed by atoms with Crippen molar-refractivity contribution in [2.75, 3.05) is 36.5 Å². The first kappa shape index (κ1) is 13.2. The van der Waals surface area contributed by atoms with Gasteiger partial charge in [-0.15, -0.1) is 0 Å². The lowest BCUT2D eigenvalue weighted by molar-refractivity contribution is 0.597. The van der Waals surface area contributed by atoms with Gasteiger partial charge in [-0.05, 0) is 13.5 Å². The molecule has 0 saturated carbocycles. The second kappa shape index (κ2) is 5.62. The molecule has 1 aromatic rings. The Kier molecular flexibility index (Phi) is 4.13. The van der Waals surface area contributed by atoms with E-state index in [4.69, 9.17) is 0 Å². The molecule has 2 heterocycles. The van der Waals surface area contributed by atoms with E-state index >= 15 is 0 Å². The molecule has 1 aromatic heterocycles. The molecule has 18 heavy (non-hydrogen) atoms. The Balaban J connectivity index is 2.13. The maximum Gasteiger partial charge on any atom is 0.152 e. The van der Waals surface area contributed by atoms with E-state index in [9.17, 15) is 8.42 Å². The maximum atomic E-state index is 11.5. The third-order valence-electron chi connectivity index (χ3n) is 2.91. The van der Waals surface area contributed by atoms with Gasteiger partial charge in [-0.25, -0.2) is 13.4 Å². The van der Waals surface area contributed by atoms with Crippen molar-refractivity contribution in [1.29, 1.82) is 0 Å². The first-order valence-corrected chi connectivity index (χ1v) is 7.84. The lowest BCUT2D eigenvalue weighted by Gasteiger charge is -2.20. The predicted molar refractivity (Wildman–Crippen MR) is 70.3 cm³/mol. The zero-order chi connectivity index (χ0) is 13.0. The number of sulfone groups is 1. The number of anilines is 1. The third-order valence-corrected chi connectivity index (χ3v) is 4.62. The van der Waals surface area contributed by atoms with Crippen LogP contribution in [-0.4, -0.2) is 50.0 Å². The summed E-state index contributed by atoms with van der Waals surface area (Å²) in [5, 5.41) is 3.02. The standard InChI is InChI=1S/C11H18N4O2S/c1-12-7-10-8-13-9-11(14-10)15-3-2-5-18(16,17)6-4-15/h8-9,12H,2-7H2,1H3. The van der Waals surface area contributed by atoms with Gasteiger partial charge in [-0.3, -0.25) is 4.98 Å². The molecule has 1 aliphatic heterocycles. The maximum absolute atomic E-state index is 11.5. The Morgan fingerprint density at radius 2 is 2.17 bits per heavy atom. The van der Waals surface area contributed by atoms with Crippen molar-refractivity contribution in [2.24, 2.45) is 0 Å². The van der Waals surface area contributed by atoms with Crippen LogP contribution in [0.25, 0.3) is 0 Å². The van der Waals surface area contributed by atoms with Crippen LogP contribution in [0, 0.1) is 0 Å². The van der Waals surface area contributed by atoms with Gasteiger partial charge in [-0.1, -0.05) is 0 Å². The molecule has 0 radical (unpaired) electrons. The summed E-state index contributed by atoms with van der Waals surface area (Å²) in [5.41, 5.74) is 0.863. The molecule has 6 nitrogen and oxygen atoms in total. The molecule has 0 amide bonds. The molecule has 0 aliphatic carbocycles. The summed E-state index contributed by atoms with van der Waals surface area (Å²) in [5.74, 6) is 1.23. The van der Waals surface area contributed by atoms with E-state index < -0.39 is 9.84 Å². The average molecular weight is 270 g/mol. The summed E-state index contributed by atoms with van der Waals surface area (Å²) < 4.78 is 23.1. The number of hydrogen-bond acceptors (Lipinski definition) is 6. The van der Waals surface area contributed by atoms with Gasteiger partial charge in [0.25, 0.3) is 0 Å². The van der Waals surface area contributed by atoms with Crippen LogP contribution in [0.5, 0.6) is 0 Å². The SMILES string of the molecule is CNCc1cncc(N2CCCS(=O)(=O)CC2)n1. The summed E-state index contributed by atoms with van der Waals surface area (Å²) in [6.45, 7) is 1.88. The lowest BCUT2D eigenvalue weighted by Crippen LogP contribution is -2.28. The highest BCUT2D eigenvalue weighted by Gasteiger charge is 2.20. The van der Waals surface area contributed by atoms with Crippen LogP contribution in [-0.2, 0) is 16.4 Å². The molecular formula is C11H18N4O2S. The number of aromatic nitrogens is 2. The van der Waals surface area contributed by atoms with Crippen molar-refractivity contribution in [1.82, 2.24) is 15.3 Å². The molecule has 0 unspecified atom stereocenters. The number of nitrogens with one attached hydrogen (secondary N) is 1. The Labute approximate surface area is 107 Å². The zero-order valence-electron chi connectivity index (χ0n) is 10.5. The van der Waals surface area contributed by atoms with Crippen molar-refractivity contribution in [3.63, 3.8) is 0 Å². The van der Waals surface area contributed by atoms with E-state index in [0.29, 0.717) is 19.5 Å². The zero-order valence-corrected chi connectivity index (χ0v) is 11.3. The van der Waals surface area contributed by atoms with E-state index in [1.54, 1.807) is 12.4 Å². The van der Waals surface area contributed by atoms with Crippen molar-refractivity contribution >= 4 is 15.7 Å². The fourth-order valence-corrected chi connectivity index (χ4v) is 3.25. The second-order valence-electron chi connectivity index (χ2n) is 4.39. The fraction of sp³-hybridized carbons (Fsp3) is 0.636. The first-order chi connectivity index (χ1) is 8.61. The molecule has 1 aliphatic rings. The van der Waals surface area contributed by atoms with Crippen molar-refractivity contribution < 1.29 is 8.42 Å². The second-order valence-corrected chi connectivity index (χ2v) is 6.69. The van der Waals surface area contributed by atoms with Crippen LogP contribution in [0.4, 0.5) is 5.82 Å². The number of rotatable bonds is 3. The van der Waals surface area contributed by atoms with E-state index in [-0.39, 0.29) is 11.5 Å². The van der Waals surface area contributed by atoms with Crippen molar-refractivity contribution in [2.45, 2.75) is 13.0 Å². The van der Waals surface area contributed by atoms with Crippen LogP contribution >= 0.6 is 0 Å².